The molecule has 0 spiro atoms. The third kappa shape index (κ3) is 3.02. The van der Waals surface area contributed by atoms with Gasteiger partial charge in [0, 0.05) is 53.7 Å². The summed E-state index contributed by atoms with van der Waals surface area (Å²) in [5.41, 5.74) is 0.406. The highest BCUT2D eigenvalue weighted by Crippen LogP contribution is 2.43. The SMILES string of the molecule is O=C1C(O)=C(c2c[nH]c3ccccc23)C(C(F)(F)F)N1CCCn1ccnc1. The van der Waals surface area contributed by atoms with E-state index in [9.17, 15) is 23.1 Å². The number of nitrogens with one attached hydrogen (secondary N) is 1. The van der Waals surface area contributed by atoms with Crippen molar-refractivity contribution >= 4 is 22.4 Å². The zero-order chi connectivity index (χ0) is 19.9. The van der Waals surface area contributed by atoms with Crippen molar-refractivity contribution in [1.29, 1.82) is 0 Å². The normalized spacial score (nSPS) is 17.9. The second-order valence-electron chi connectivity index (χ2n) is 6.61. The van der Waals surface area contributed by atoms with Gasteiger partial charge in [-0.25, -0.2) is 4.98 Å². The van der Waals surface area contributed by atoms with Gasteiger partial charge in [0.2, 0.25) is 0 Å². The lowest BCUT2D eigenvalue weighted by Crippen LogP contribution is -2.45. The predicted octanol–water partition coefficient (Wildman–Crippen LogP) is 3.50. The van der Waals surface area contributed by atoms with Crippen molar-refractivity contribution in [3.05, 3.63) is 60.5 Å². The Morgan fingerprint density at radius 1 is 1.21 bits per heavy atom. The van der Waals surface area contributed by atoms with E-state index in [4.69, 9.17) is 0 Å². The van der Waals surface area contributed by atoms with E-state index in [0.29, 0.717) is 28.8 Å². The van der Waals surface area contributed by atoms with Crippen LogP contribution in [0.2, 0.25) is 0 Å². The average Bonchev–Trinajstić information content (AvgIpc) is 3.36. The monoisotopic (exact) mass is 390 g/mol. The molecular weight excluding hydrogens is 373 g/mol. The summed E-state index contributed by atoms with van der Waals surface area (Å²) in [6.07, 6.45) is 1.80. The topological polar surface area (TPSA) is 74.2 Å². The fourth-order valence-corrected chi connectivity index (χ4v) is 3.64. The molecule has 1 unspecified atom stereocenters. The Kier molecular flexibility index (Phi) is 4.37. The molecule has 0 radical (unpaired) electrons. The molecule has 6 nitrogen and oxygen atoms in total. The highest BCUT2D eigenvalue weighted by Gasteiger charge is 2.54. The average molecular weight is 390 g/mol. The van der Waals surface area contributed by atoms with Crippen LogP contribution in [0.25, 0.3) is 16.5 Å². The van der Waals surface area contributed by atoms with Crippen LogP contribution in [0.3, 0.4) is 0 Å². The molecule has 0 aliphatic carbocycles. The molecule has 2 aromatic heterocycles. The van der Waals surface area contributed by atoms with Gasteiger partial charge in [-0.3, -0.25) is 4.79 Å². The zero-order valence-corrected chi connectivity index (χ0v) is 14.6. The molecule has 4 rings (SSSR count). The smallest absolute Gasteiger partial charge is 0.413 e. The minimum absolute atomic E-state index is 0.142. The van der Waals surface area contributed by atoms with Crippen molar-refractivity contribution in [3.8, 4) is 0 Å². The van der Waals surface area contributed by atoms with Crippen LogP contribution in [0, 0.1) is 0 Å². The Balaban J connectivity index is 1.68. The van der Waals surface area contributed by atoms with Gasteiger partial charge in [0.1, 0.15) is 0 Å². The molecule has 0 fully saturated rings. The molecule has 146 valence electrons. The highest BCUT2D eigenvalue weighted by molar-refractivity contribution is 6.08. The molecule has 1 aliphatic rings. The van der Waals surface area contributed by atoms with Crippen LogP contribution < -0.4 is 0 Å². The van der Waals surface area contributed by atoms with Crippen LogP contribution in [0.4, 0.5) is 13.2 Å². The Morgan fingerprint density at radius 2 is 2.00 bits per heavy atom. The van der Waals surface area contributed by atoms with Gasteiger partial charge in [-0.2, -0.15) is 13.2 Å². The summed E-state index contributed by atoms with van der Waals surface area (Å²) >= 11 is 0. The largest absolute Gasteiger partial charge is 0.503 e. The van der Waals surface area contributed by atoms with Gasteiger partial charge in [0.15, 0.2) is 11.8 Å². The van der Waals surface area contributed by atoms with Crippen LogP contribution in [0.5, 0.6) is 0 Å². The first kappa shape index (κ1) is 18.1. The van der Waals surface area contributed by atoms with Gasteiger partial charge in [-0.1, -0.05) is 18.2 Å². The molecule has 1 amide bonds. The van der Waals surface area contributed by atoms with E-state index in [1.807, 2.05) is 0 Å². The molecule has 1 aromatic carbocycles. The Labute approximate surface area is 157 Å². The number of nitrogens with zero attached hydrogens (tertiary/aromatic N) is 3. The van der Waals surface area contributed by atoms with Crippen molar-refractivity contribution < 1.29 is 23.1 Å². The number of aromatic nitrogens is 3. The summed E-state index contributed by atoms with van der Waals surface area (Å²) in [6, 6.07) is 4.63. The number of amides is 1. The number of carbonyl (C=O) groups is 1. The first-order valence-electron chi connectivity index (χ1n) is 8.71. The molecule has 3 heterocycles. The second kappa shape index (κ2) is 6.74. The lowest BCUT2D eigenvalue weighted by atomic mass is 9.98. The number of benzene rings is 1. The predicted molar refractivity (Wildman–Crippen MR) is 96.2 cm³/mol. The van der Waals surface area contributed by atoms with E-state index >= 15 is 0 Å². The number of rotatable bonds is 5. The lowest BCUT2D eigenvalue weighted by Gasteiger charge is -2.28. The molecule has 28 heavy (non-hydrogen) atoms. The van der Waals surface area contributed by atoms with E-state index in [1.165, 1.54) is 6.20 Å². The van der Waals surface area contributed by atoms with Gasteiger partial charge >= 0.3 is 6.18 Å². The Morgan fingerprint density at radius 3 is 2.71 bits per heavy atom. The van der Waals surface area contributed by atoms with E-state index in [1.54, 1.807) is 47.6 Å². The molecule has 0 bridgehead atoms. The van der Waals surface area contributed by atoms with Crippen LogP contribution in [0.15, 0.2) is 54.9 Å². The quantitative estimate of drug-likeness (QED) is 0.700. The summed E-state index contributed by atoms with van der Waals surface area (Å²) in [5, 5.41) is 10.9. The molecule has 0 saturated carbocycles. The fourth-order valence-electron chi connectivity index (χ4n) is 3.64. The number of aliphatic hydroxyl groups excluding tert-OH is 1. The number of hydrogen-bond acceptors (Lipinski definition) is 3. The maximum absolute atomic E-state index is 13.9. The Bertz CT molecular complexity index is 1040. The van der Waals surface area contributed by atoms with Crippen molar-refractivity contribution in [2.45, 2.75) is 25.2 Å². The number of carbonyl (C=O) groups excluding carboxylic acids is 1. The van der Waals surface area contributed by atoms with Gasteiger partial charge < -0.3 is 19.6 Å². The first-order chi connectivity index (χ1) is 13.4. The standard InChI is InChI=1S/C19H17F3N4O2/c20-19(21,22)17-15(13-10-24-14-5-2-1-4-12(13)14)16(27)18(28)26(17)8-3-7-25-9-6-23-11-25/h1-2,4-6,9-11,17,24,27H,3,7-8H2. The number of hydrogen-bond donors (Lipinski definition) is 2. The molecular formula is C19H17F3N4O2. The molecule has 9 heteroatoms. The number of aromatic amines is 1. The van der Waals surface area contributed by atoms with Crippen LogP contribution >= 0.6 is 0 Å². The number of para-hydroxylation sites is 1. The third-order valence-corrected chi connectivity index (χ3v) is 4.87. The fraction of sp³-hybridized carbons (Fsp3) is 0.263. The summed E-state index contributed by atoms with van der Waals surface area (Å²) in [5.74, 6) is -1.86. The van der Waals surface area contributed by atoms with Gasteiger partial charge in [0.05, 0.1) is 6.33 Å². The maximum atomic E-state index is 13.9. The van der Waals surface area contributed by atoms with Gasteiger partial charge in [-0.15, -0.1) is 0 Å². The molecule has 2 N–H and O–H groups in total. The summed E-state index contributed by atoms with van der Waals surface area (Å²) in [4.78, 5) is 20.0. The Hall–Kier alpha value is -3.23. The third-order valence-electron chi connectivity index (χ3n) is 4.87. The number of alkyl halides is 3. The van der Waals surface area contributed by atoms with Crippen LogP contribution in [-0.2, 0) is 11.3 Å². The lowest BCUT2D eigenvalue weighted by molar-refractivity contribution is -0.172. The van der Waals surface area contributed by atoms with Crippen molar-refractivity contribution in [1.82, 2.24) is 19.4 Å². The van der Waals surface area contributed by atoms with E-state index in [0.717, 1.165) is 0 Å². The van der Waals surface area contributed by atoms with E-state index in [-0.39, 0.29) is 12.1 Å². The number of H-pyrrole nitrogens is 1. The number of halogens is 3. The van der Waals surface area contributed by atoms with E-state index < -0.39 is 29.5 Å². The first-order valence-corrected chi connectivity index (χ1v) is 8.71. The van der Waals surface area contributed by atoms with Crippen molar-refractivity contribution in [3.63, 3.8) is 0 Å². The van der Waals surface area contributed by atoms with Crippen LogP contribution in [0.1, 0.15) is 12.0 Å². The van der Waals surface area contributed by atoms with E-state index in [2.05, 4.69) is 9.97 Å². The number of fused-ring (bicyclic) bond motifs is 1. The van der Waals surface area contributed by atoms with Crippen molar-refractivity contribution in [2.75, 3.05) is 6.54 Å². The van der Waals surface area contributed by atoms with Crippen molar-refractivity contribution in [2.24, 2.45) is 0 Å². The van der Waals surface area contributed by atoms with Crippen LogP contribution in [-0.4, -0.2) is 49.2 Å². The summed E-state index contributed by atoms with van der Waals surface area (Å²) < 4.78 is 43.5. The highest BCUT2D eigenvalue weighted by atomic mass is 19.4. The summed E-state index contributed by atoms with van der Waals surface area (Å²) in [6.45, 7) is 0.272. The number of imidazole rings is 1. The molecule has 3 aromatic rings. The number of aryl methyl sites for hydroxylation is 1. The maximum Gasteiger partial charge on any atom is 0.413 e. The second-order valence-corrected chi connectivity index (χ2v) is 6.61. The minimum Gasteiger partial charge on any atom is -0.503 e. The number of aliphatic hydroxyl groups is 1. The molecule has 1 atom stereocenters. The summed E-state index contributed by atoms with van der Waals surface area (Å²) in [7, 11) is 0. The minimum atomic E-state index is -4.72. The molecule has 1 aliphatic heterocycles. The molecule has 0 saturated heterocycles. The van der Waals surface area contributed by atoms with Gasteiger partial charge in [0.25, 0.3) is 5.91 Å². The zero-order valence-electron chi connectivity index (χ0n) is 14.6. The van der Waals surface area contributed by atoms with Gasteiger partial charge in [-0.05, 0) is 12.5 Å².